The van der Waals surface area contributed by atoms with Crippen LogP contribution >= 0.6 is 0 Å². The fraction of sp³-hybridized carbons (Fsp3) is 0.500. The highest BCUT2D eigenvalue weighted by atomic mass is 16.5. The fourth-order valence-corrected chi connectivity index (χ4v) is 2.00. The lowest BCUT2D eigenvalue weighted by atomic mass is 10.3. The summed E-state index contributed by atoms with van der Waals surface area (Å²) in [6, 6.07) is 6.12. The summed E-state index contributed by atoms with van der Waals surface area (Å²) < 4.78 is 16.0. The van der Waals surface area contributed by atoms with Gasteiger partial charge in [0.2, 0.25) is 0 Å². The molecule has 6 heteroatoms. The van der Waals surface area contributed by atoms with E-state index in [0.717, 1.165) is 13.0 Å². The summed E-state index contributed by atoms with van der Waals surface area (Å²) in [5.74, 6) is 0. The number of nitrogens with zero attached hydrogens (tertiary/aromatic N) is 2. The maximum absolute atomic E-state index is 5.91. The van der Waals surface area contributed by atoms with Gasteiger partial charge in [-0.3, -0.25) is 0 Å². The molecule has 1 aromatic heterocycles. The molecule has 6 nitrogen and oxygen atoms in total. The second-order valence-corrected chi connectivity index (χ2v) is 4.52. The van der Waals surface area contributed by atoms with Gasteiger partial charge in [0.1, 0.15) is 5.52 Å². The number of hydrogen-bond donors (Lipinski definition) is 1. The summed E-state index contributed by atoms with van der Waals surface area (Å²) in [7, 11) is 3.37. The minimum absolute atomic E-state index is 0.575. The van der Waals surface area contributed by atoms with Crippen LogP contribution in [0.15, 0.2) is 22.6 Å². The number of oxazole rings is 1. The molecule has 0 saturated carbocycles. The second-order valence-electron chi connectivity index (χ2n) is 4.52. The molecule has 0 unspecified atom stereocenters. The Kier molecular flexibility index (Phi) is 5.20. The van der Waals surface area contributed by atoms with Gasteiger partial charge in [-0.15, -0.1) is 0 Å². The van der Waals surface area contributed by atoms with Crippen LogP contribution in [0.25, 0.3) is 11.1 Å². The smallest absolute Gasteiger partial charge is 0.298 e. The number of aromatic nitrogens is 1. The van der Waals surface area contributed by atoms with Gasteiger partial charge in [-0.1, -0.05) is 6.07 Å². The first-order chi connectivity index (χ1) is 9.76. The quantitative estimate of drug-likeness (QED) is 0.587. The second kappa shape index (κ2) is 7.12. The van der Waals surface area contributed by atoms with Crippen molar-refractivity contribution < 1.29 is 13.9 Å². The van der Waals surface area contributed by atoms with Crippen LogP contribution in [0.3, 0.4) is 0 Å². The van der Waals surface area contributed by atoms with Gasteiger partial charge in [0.15, 0.2) is 5.58 Å². The maximum Gasteiger partial charge on any atom is 0.298 e. The molecule has 2 N–H and O–H groups in total. The van der Waals surface area contributed by atoms with Crippen molar-refractivity contribution in [1.29, 1.82) is 0 Å². The lowest BCUT2D eigenvalue weighted by Gasteiger charge is -2.19. The summed E-state index contributed by atoms with van der Waals surface area (Å²) in [5.41, 5.74) is 7.94. The van der Waals surface area contributed by atoms with Crippen LogP contribution in [-0.4, -0.2) is 45.5 Å². The van der Waals surface area contributed by atoms with Crippen molar-refractivity contribution in [3.63, 3.8) is 0 Å². The zero-order valence-electron chi connectivity index (χ0n) is 12.0. The Morgan fingerprint density at radius 2 is 2.00 bits per heavy atom. The third kappa shape index (κ3) is 3.40. The molecule has 0 saturated heterocycles. The van der Waals surface area contributed by atoms with Gasteiger partial charge in [0, 0.05) is 33.9 Å². The van der Waals surface area contributed by atoms with E-state index in [4.69, 9.17) is 19.6 Å². The highest BCUT2D eigenvalue weighted by Gasteiger charge is 2.14. The van der Waals surface area contributed by atoms with E-state index in [1.165, 1.54) is 0 Å². The van der Waals surface area contributed by atoms with Gasteiger partial charge in [0.05, 0.1) is 12.3 Å². The molecule has 0 fully saturated rings. The minimum atomic E-state index is 0.575. The third-order valence-corrected chi connectivity index (χ3v) is 3.05. The number of rotatable bonds is 8. The first-order valence-corrected chi connectivity index (χ1v) is 6.64. The van der Waals surface area contributed by atoms with Crippen molar-refractivity contribution in [2.24, 2.45) is 0 Å². The topological polar surface area (TPSA) is 73.8 Å². The van der Waals surface area contributed by atoms with Crippen LogP contribution in [-0.2, 0) is 9.47 Å². The zero-order valence-corrected chi connectivity index (χ0v) is 12.0. The summed E-state index contributed by atoms with van der Waals surface area (Å²) in [6.07, 6.45) is 0.897. The molecule has 0 amide bonds. The molecule has 1 heterocycles. The lowest BCUT2D eigenvalue weighted by molar-refractivity contribution is 0.190. The number of hydrogen-bond acceptors (Lipinski definition) is 6. The number of benzene rings is 1. The number of ether oxygens (including phenoxy) is 2. The monoisotopic (exact) mass is 279 g/mol. The van der Waals surface area contributed by atoms with Crippen LogP contribution in [0.2, 0.25) is 0 Å². The number of nitrogens with two attached hydrogens (primary N) is 1. The van der Waals surface area contributed by atoms with Crippen LogP contribution in [0.1, 0.15) is 6.42 Å². The van der Waals surface area contributed by atoms with E-state index in [2.05, 4.69) is 4.98 Å². The Bertz CT molecular complexity index is 541. The summed E-state index contributed by atoms with van der Waals surface area (Å²) in [4.78, 5) is 6.53. The highest BCUT2D eigenvalue weighted by Crippen LogP contribution is 2.25. The van der Waals surface area contributed by atoms with Crippen molar-refractivity contribution in [3.05, 3.63) is 18.2 Å². The van der Waals surface area contributed by atoms with Gasteiger partial charge >= 0.3 is 0 Å². The van der Waals surface area contributed by atoms with Gasteiger partial charge in [-0.05, 0) is 18.6 Å². The summed E-state index contributed by atoms with van der Waals surface area (Å²) in [5, 5.41) is 0. The largest absolute Gasteiger partial charge is 0.423 e. The molecular formula is C14H21N3O3. The Morgan fingerprint density at radius 3 is 2.70 bits per heavy atom. The summed E-state index contributed by atoms with van der Waals surface area (Å²) in [6.45, 7) is 2.82. The average Bonchev–Trinajstić information content (AvgIpc) is 2.88. The fourth-order valence-electron chi connectivity index (χ4n) is 2.00. The molecule has 0 aliphatic heterocycles. The first-order valence-electron chi connectivity index (χ1n) is 6.64. The number of methoxy groups -OCH3 is 2. The molecule has 0 atom stereocenters. The number of para-hydroxylation sites is 1. The van der Waals surface area contributed by atoms with E-state index in [9.17, 15) is 0 Å². The molecule has 0 radical (unpaired) electrons. The Balaban J connectivity index is 2.18. The maximum atomic E-state index is 5.91. The molecule has 2 rings (SSSR count). The zero-order chi connectivity index (χ0) is 14.4. The number of fused-ring (bicyclic) bond motifs is 1. The van der Waals surface area contributed by atoms with E-state index in [-0.39, 0.29) is 0 Å². The van der Waals surface area contributed by atoms with Crippen LogP contribution in [0, 0.1) is 0 Å². The van der Waals surface area contributed by atoms with Crippen LogP contribution < -0.4 is 10.6 Å². The molecule has 2 aromatic rings. The lowest BCUT2D eigenvalue weighted by Crippen LogP contribution is -2.29. The summed E-state index contributed by atoms with van der Waals surface area (Å²) >= 11 is 0. The van der Waals surface area contributed by atoms with E-state index < -0.39 is 0 Å². The average molecular weight is 279 g/mol. The Labute approximate surface area is 118 Å². The molecule has 1 aromatic carbocycles. The highest BCUT2D eigenvalue weighted by molar-refractivity contribution is 5.86. The number of nitrogen functional groups attached to an aromatic ring is 1. The molecule has 0 aliphatic rings. The molecule has 20 heavy (non-hydrogen) atoms. The van der Waals surface area contributed by atoms with Gasteiger partial charge < -0.3 is 24.5 Å². The van der Waals surface area contributed by atoms with Gasteiger partial charge in [-0.2, -0.15) is 4.98 Å². The van der Waals surface area contributed by atoms with Crippen molar-refractivity contribution in [2.75, 3.05) is 51.2 Å². The van der Waals surface area contributed by atoms with Gasteiger partial charge in [-0.25, -0.2) is 0 Å². The van der Waals surface area contributed by atoms with Crippen LogP contribution in [0.5, 0.6) is 0 Å². The molecule has 0 aliphatic carbocycles. The van der Waals surface area contributed by atoms with E-state index in [1.54, 1.807) is 14.2 Å². The minimum Gasteiger partial charge on any atom is -0.423 e. The molecule has 110 valence electrons. The molecule has 0 spiro atoms. The Morgan fingerprint density at radius 1 is 1.20 bits per heavy atom. The van der Waals surface area contributed by atoms with E-state index in [1.807, 2.05) is 23.1 Å². The normalized spacial score (nSPS) is 11.1. The standard InChI is InChI=1S/C14H21N3O3/c1-18-9-4-7-17(8-10-19-2)14-16-13-11(15)5-3-6-12(13)20-14/h3,5-6H,4,7-10,15H2,1-2H3. The number of anilines is 2. The van der Waals surface area contributed by atoms with Crippen molar-refractivity contribution in [2.45, 2.75) is 6.42 Å². The van der Waals surface area contributed by atoms with E-state index in [0.29, 0.717) is 42.6 Å². The third-order valence-electron chi connectivity index (χ3n) is 3.05. The van der Waals surface area contributed by atoms with Crippen molar-refractivity contribution in [1.82, 2.24) is 4.98 Å². The first kappa shape index (κ1) is 14.6. The SMILES string of the molecule is COCCCN(CCOC)c1nc2c(N)cccc2o1. The predicted molar refractivity (Wildman–Crippen MR) is 79.0 cm³/mol. The Hall–Kier alpha value is -1.79. The van der Waals surface area contributed by atoms with Gasteiger partial charge in [0.25, 0.3) is 6.01 Å². The molecule has 0 bridgehead atoms. The van der Waals surface area contributed by atoms with E-state index >= 15 is 0 Å². The predicted octanol–water partition coefficient (Wildman–Crippen LogP) is 1.90. The van der Waals surface area contributed by atoms with Crippen molar-refractivity contribution in [3.8, 4) is 0 Å². The molecular weight excluding hydrogens is 258 g/mol. The van der Waals surface area contributed by atoms with Crippen molar-refractivity contribution >= 4 is 22.8 Å². The van der Waals surface area contributed by atoms with Crippen LogP contribution in [0.4, 0.5) is 11.7 Å².